The standard InChI is InChI=1S/C12H14N2O/c1-2-8-14-12(15)11-5-3-4-10(9-11)6-7-13/h3-5,9H,2,6,8H2,1H3,(H,14,15). The van der Waals surface area contributed by atoms with Gasteiger partial charge in [0.15, 0.2) is 0 Å². The Labute approximate surface area is 89.7 Å². The van der Waals surface area contributed by atoms with Crippen molar-refractivity contribution < 1.29 is 4.79 Å². The van der Waals surface area contributed by atoms with Gasteiger partial charge in [-0.3, -0.25) is 4.79 Å². The summed E-state index contributed by atoms with van der Waals surface area (Å²) in [7, 11) is 0. The van der Waals surface area contributed by atoms with Crippen molar-refractivity contribution in [2.24, 2.45) is 0 Å². The summed E-state index contributed by atoms with van der Waals surface area (Å²) in [5, 5.41) is 11.3. The van der Waals surface area contributed by atoms with E-state index in [2.05, 4.69) is 11.4 Å². The first kappa shape index (κ1) is 11.3. The average molecular weight is 202 g/mol. The molecule has 0 aliphatic rings. The normalized spacial score (nSPS) is 9.33. The van der Waals surface area contributed by atoms with E-state index >= 15 is 0 Å². The van der Waals surface area contributed by atoms with Crippen molar-refractivity contribution in [3.63, 3.8) is 0 Å². The van der Waals surface area contributed by atoms with Gasteiger partial charge in [0.2, 0.25) is 0 Å². The Kier molecular flexibility index (Phi) is 4.36. The van der Waals surface area contributed by atoms with E-state index in [4.69, 9.17) is 5.26 Å². The fourth-order valence-corrected chi connectivity index (χ4v) is 1.25. The molecule has 0 unspecified atom stereocenters. The zero-order chi connectivity index (χ0) is 11.1. The van der Waals surface area contributed by atoms with E-state index in [1.54, 1.807) is 18.2 Å². The second kappa shape index (κ2) is 5.82. The highest BCUT2D eigenvalue weighted by molar-refractivity contribution is 5.94. The van der Waals surface area contributed by atoms with E-state index in [0.717, 1.165) is 12.0 Å². The number of hydrogen-bond acceptors (Lipinski definition) is 2. The number of benzene rings is 1. The van der Waals surface area contributed by atoms with Crippen LogP contribution in [0.3, 0.4) is 0 Å². The molecule has 15 heavy (non-hydrogen) atoms. The van der Waals surface area contributed by atoms with Crippen molar-refractivity contribution in [2.75, 3.05) is 6.54 Å². The minimum Gasteiger partial charge on any atom is -0.352 e. The van der Waals surface area contributed by atoms with Crippen LogP contribution < -0.4 is 5.32 Å². The molecule has 0 fully saturated rings. The lowest BCUT2D eigenvalue weighted by molar-refractivity contribution is 0.0953. The molecule has 0 radical (unpaired) electrons. The molecule has 0 spiro atoms. The van der Waals surface area contributed by atoms with Crippen LogP contribution in [-0.4, -0.2) is 12.5 Å². The molecule has 1 rings (SSSR count). The molecule has 78 valence electrons. The molecule has 3 heteroatoms. The van der Waals surface area contributed by atoms with E-state index in [1.807, 2.05) is 13.0 Å². The van der Waals surface area contributed by atoms with Gasteiger partial charge in [0.05, 0.1) is 12.5 Å². The van der Waals surface area contributed by atoms with Gasteiger partial charge >= 0.3 is 0 Å². The number of nitrogens with one attached hydrogen (secondary N) is 1. The molecule has 0 saturated heterocycles. The summed E-state index contributed by atoms with van der Waals surface area (Å²) >= 11 is 0. The molecule has 0 saturated carbocycles. The SMILES string of the molecule is CCCNC(=O)c1cccc(CC#N)c1. The maximum atomic E-state index is 11.6. The van der Waals surface area contributed by atoms with Crippen molar-refractivity contribution in [3.8, 4) is 6.07 Å². The third kappa shape index (κ3) is 3.43. The molecule has 1 N–H and O–H groups in total. The number of carbonyl (C=O) groups excluding carboxylic acids is 1. The van der Waals surface area contributed by atoms with Gasteiger partial charge in [-0.25, -0.2) is 0 Å². The van der Waals surface area contributed by atoms with E-state index in [-0.39, 0.29) is 5.91 Å². The zero-order valence-corrected chi connectivity index (χ0v) is 8.79. The smallest absolute Gasteiger partial charge is 0.251 e. The van der Waals surface area contributed by atoms with Gasteiger partial charge < -0.3 is 5.32 Å². The highest BCUT2D eigenvalue weighted by Gasteiger charge is 2.04. The molecule has 3 nitrogen and oxygen atoms in total. The monoisotopic (exact) mass is 202 g/mol. The molecule has 0 heterocycles. The van der Waals surface area contributed by atoms with Gasteiger partial charge in [0.1, 0.15) is 0 Å². The third-order valence-electron chi connectivity index (χ3n) is 2.01. The fraction of sp³-hybridized carbons (Fsp3) is 0.333. The minimum atomic E-state index is -0.0726. The van der Waals surface area contributed by atoms with E-state index in [9.17, 15) is 4.79 Å². The van der Waals surface area contributed by atoms with Crippen LogP contribution in [0.1, 0.15) is 29.3 Å². The van der Waals surface area contributed by atoms with Crippen molar-refractivity contribution in [1.82, 2.24) is 5.32 Å². The van der Waals surface area contributed by atoms with Crippen LogP contribution in [0.2, 0.25) is 0 Å². The Balaban J connectivity index is 2.72. The number of carbonyl (C=O) groups is 1. The largest absolute Gasteiger partial charge is 0.352 e. The molecule has 1 aromatic carbocycles. The number of rotatable bonds is 4. The van der Waals surface area contributed by atoms with Crippen LogP contribution in [0.4, 0.5) is 0 Å². The number of amides is 1. The highest BCUT2D eigenvalue weighted by atomic mass is 16.1. The second-order valence-corrected chi connectivity index (χ2v) is 3.29. The molecular formula is C12H14N2O. The molecule has 0 atom stereocenters. The van der Waals surface area contributed by atoms with Gasteiger partial charge in [-0.05, 0) is 24.1 Å². The summed E-state index contributed by atoms with van der Waals surface area (Å²) in [5.41, 5.74) is 1.50. The van der Waals surface area contributed by atoms with Crippen molar-refractivity contribution in [2.45, 2.75) is 19.8 Å². The summed E-state index contributed by atoms with van der Waals surface area (Å²) in [6.45, 7) is 2.69. The predicted octanol–water partition coefficient (Wildman–Crippen LogP) is 1.89. The Bertz CT molecular complexity index is 379. The maximum Gasteiger partial charge on any atom is 0.251 e. The van der Waals surface area contributed by atoms with Gasteiger partial charge in [0.25, 0.3) is 5.91 Å². The maximum absolute atomic E-state index is 11.6. The Morgan fingerprint density at radius 1 is 1.53 bits per heavy atom. The Hall–Kier alpha value is -1.82. The zero-order valence-electron chi connectivity index (χ0n) is 8.79. The fourth-order valence-electron chi connectivity index (χ4n) is 1.25. The van der Waals surface area contributed by atoms with E-state index in [1.165, 1.54) is 0 Å². The molecule has 0 aliphatic carbocycles. The van der Waals surface area contributed by atoms with Gasteiger partial charge in [-0.2, -0.15) is 5.26 Å². The molecule has 0 bridgehead atoms. The van der Waals surface area contributed by atoms with Gasteiger partial charge in [-0.1, -0.05) is 19.1 Å². The Morgan fingerprint density at radius 3 is 3.00 bits per heavy atom. The third-order valence-corrected chi connectivity index (χ3v) is 2.01. The quantitative estimate of drug-likeness (QED) is 0.810. The summed E-state index contributed by atoms with van der Waals surface area (Å²) in [6.07, 6.45) is 1.26. The number of nitriles is 1. The van der Waals surface area contributed by atoms with Crippen LogP contribution in [0.25, 0.3) is 0 Å². The lowest BCUT2D eigenvalue weighted by atomic mass is 10.1. The lowest BCUT2D eigenvalue weighted by Crippen LogP contribution is -2.23. The summed E-state index contributed by atoms with van der Waals surface area (Å²) < 4.78 is 0. The summed E-state index contributed by atoms with van der Waals surface area (Å²) in [6, 6.07) is 9.22. The van der Waals surface area contributed by atoms with Crippen molar-refractivity contribution in [1.29, 1.82) is 5.26 Å². The Morgan fingerprint density at radius 2 is 2.33 bits per heavy atom. The van der Waals surface area contributed by atoms with Crippen LogP contribution >= 0.6 is 0 Å². The highest BCUT2D eigenvalue weighted by Crippen LogP contribution is 2.05. The van der Waals surface area contributed by atoms with Crippen LogP contribution in [0, 0.1) is 11.3 Å². The van der Waals surface area contributed by atoms with Crippen LogP contribution in [-0.2, 0) is 6.42 Å². The summed E-state index contributed by atoms with van der Waals surface area (Å²) in [5.74, 6) is -0.0726. The first-order valence-corrected chi connectivity index (χ1v) is 5.02. The summed E-state index contributed by atoms with van der Waals surface area (Å²) in [4.78, 5) is 11.6. The predicted molar refractivity (Wildman–Crippen MR) is 58.4 cm³/mol. The van der Waals surface area contributed by atoms with E-state index in [0.29, 0.717) is 18.5 Å². The van der Waals surface area contributed by atoms with Crippen LogP contribution in [0.5, 0.6) is 0 Å². The number of hydrogen-bond donors (Lipinski definition) is 1. The first-order valence-electron chi connectivity index (χ1n) is 5.02. The van der Waals surface area contributed by atoms with Gasteiger partial charge in [0, 0.05) is 12.1 Å². The topological polar surface area (TPSA) is 52.9 Å². The molecular weight excluding hydrogens is 188 g/mol. The van der Waals surface area contributed by atoms with Gasteiger partial charge in [-0.15, -0.1) is 0 Å². The average Bonchev–Trinajstić information content (AvgIpc) is 2.27. The van der Waals surface area contributed by atoms with Crippen LogP contribution in [0.15, 0.2) is 24.3 Å². The first-order chi connectivity index (χ1) is 7.27. The lowest BCUT2D eigenvalue weighted by Gasteiger charge is -2.04. The van der Waals surface area contributed by atoms with Crippen molar-refractivity contribution in [3.05, 3.63) is 35.4 Å². The van der Waals surface area contributed by atoms with E-state index < -0.39 is 0 Å². The molecule has 0 aliphatic heterocycles. The molecule has 1 aromatic rings. The molecule has 1 amide bonds. The molecule has 0 aromatic heterocycles. The van der Waals surface area contributed by atoms with Crippen molar-refractivity contribution >= 4 is 5.91 Å². The number of nitrogens with zero attached hydrogens (tertiary/aromatic N) is 1. The second-order valence-electron chi connectivity index (χ2n) is 3.29. The minimum absolute atomic E-state index is 0.0726.